The van der Waals surface area contributed by atoms with Crippen LogP contribution in [0.3, 0.4) is 0 Å². The minimum atomic E-state index is -0.158. The summed E-state index contributed by atoms with van der Waals surface area (Å²) in [7, 11) is 0. The molecular formula is C11H18N4O. The van der Waals surface area contributed by atoms with Crippen molar-refractivity contribution in [2.75, 3.05) is 6.54 Å². The van der Waals surface area contributed by atoms with E-state index in [1.165, 1.54) is 12.4 Å². The molecule has 1 heterocycles. The molecule has 1 rings (SSSR count). The fraction of sp³-hybridized carbons (Fsp3) is 0.545. The fourth-order valence-electron chi connectivity index (χ4n) is 1.44. The molecule has 5 nitrogen and oxygen atoms in total. The summed E-state index contributed by atoms with van der Waals surface area (Å²) in [5, 5.41) is 10.0. The second-order valence-corrected chi connectivity index (χ2v) is 4.23. The highest BCUT2D eigenvalue weighted by atomic mass is 16.1. The van der Waals surface area contributed by atoms with Gasteiger partial charge in [0, 0.05) is 12.6 Å². The van der Waals surface area contributed by atoms with Crippen LogP contribution in [0.1, 0.15) is 30.6 Å². The summed E-state index contributed by atoms with van der Waals surface area (Å²) in [5.74, 6) is 0.378. The van der Waals surface area contributed by atoms with Gasteiger partial charge in [0.2, 0.25) is 0 Å². The molecule has 0 saturated carbocycles. The van der Waals surface area contributed by atoms with Crippen LogP contribution in [0.2, 0.25) is 0 Å². The molecule has 0 fully saturated rings. The Hall–Kier alpha value is -1.49. The van der Waals surface area contributed by atoms with Gasteiger partial charge in [0.05, 0.1) is 18.0 Å². The number of nitrogens with zero attached hydrogens (tertiary/aromatic N) is 2. The van der Waals surface area contributed by atoms with E-state index in [4.69, 9.17) is 5.73 Å². The van der Waals surface area contributed by atoms with Crippen LogP contribution < -0.4 is 11.1 Å². The van der Waals surface area contributed by atoms with Crippen LogP contribution in [0.25, 0.3) is 0 Å². The highest BCUT2D eigenvalue weighted by Crippen LogP contribution is 2.02. The molecule has 1 aromatic heterocycles. The van der Waals surface area contributed by atoms with Crippen molar-refractivity contribution in [1.82, 2.24) is 15.5 Å². The minimum Gasteiger partial charge on any atom is -0.350 e. The monoisotopic (exact) mass is 222 g/mol. The van der Waals surface area contributed by atoms with Crippen LogP contribution in [0, 0.1) is 5.92 Å². The predicted molar refractivity (Wildman–Crippen MR) is 61.8 cm³/mol. The zero-order valence-electron chi connectivity index (χ0n) is 9.68. The molecule has 16 heavy (non-hydrogen) atoms. The summed E-state index contributed by atoms with van der Waals surface area (Å²) in [6.45, 7) is 4.70. The molecule has 0 aliphatic rings. The molecule has 1 amide bonds. The molecule has 0 bridgehead atoms. The summed E-state index contributed by atoms with van der Waals surface area (Å²) >= 11 is 0. The maximum absolute atomic E-state index is 11.6. The Bertz CT molecular complexity index is 326. The number of nitrogens with two attached hydrogens (primary N) is 1. The topological polar surface area (TPSA) is 80.9 Å². The quantitative estimate of drug-likeness (QED) is 0.763. The summed E-state index contributed by atoms with van der Waals surface area (Å²) < 4.78 is 0. The molecule has 1 aromatic rings. The number of carbonyl (C=O) groups excluding carboxylic acids is 1. The highest BCUT2D eigenvalue weighted by Gasteiger charge is 2.09. The van der Waals surface area contributed by atoms with Gasteiger partial charge >= 0.3 is 0 Å². The van der Waals surface area contributed by atoms with Gasteiger partial charge in [0.25, 0.3) is 5.91 Å². The van der Waals surface area contributed by atoms with Gasteiger partial charge in [-0.3, -0.25) is 4.79 Å². The van der Waals surface area contributed by atoms with Gasteiger partial charge < -0.3 is 11.1 Å². The standard InChI is InChI=1S/C11H18N4O/c1-8(2)5-10(12)7-13-11(16)9-3-4-14-15-6-9/h3-4,6,8,10H,5,7,12H2,1-2H3,(H,13,16). The van der Waals surface area contributed by atoms with Gasteiger partial charge in [0.1, 0.15) is 0 Å². The second-order valence-electron chi connectivity index (χ2n) is 4.23. The Morgan fingerprint density at radius 3 is 2.81 bits per heavy atom. The number of rotatable bonds is 5. The zero-order chi connectivity index (χ0) is 12.0. The van der Waals surface area contributed by atoms with Crippen LogP contribution in [0.5, 0.6) is 0 Å². The molecular weight excluding hydrogens is 204 g/mol. The van der Waals surface area contributed by atoms with Gasteiger partial charge in [-0.15, -0.1) is 0 Å². The number of hydrogen-bond acceptors (Lipinski definition) is 4. The molecule has 3 N–H and O–H groups in total. The first-order valence-electron chi connectivity index (χ1n) is 5.40. The summed E-state index contributed by atoms with van der Waals surface area (Å²) in [4.78, 5) is 11.6. The number of carbonyl (C=O) groups is 1. The van der Waals surface area contributed by atoms with Crippen LogP contribution >= 0.6 is 0 Å². The smallest absolute Gasteiger partial charge is 0.253 e. The molecule has 0 aliphatic heterocycles. The number of hydrogen-bond donors (Lipinski definition) is 2. The van der Waals surface area contributed by atoms with Crippen molar-refractivity contribution >= 4 is 5.91 Å². The van der Waals surface area contributed by atoms with E-state index < -0.39 is 0 Å². The molecule has 88 valence electrons. The van der Waals surface area contributed by atoms with Crippen molar-refractivity contribution in [2.24, 2.45) is 11.7 Å². The van der Waals surface area contributed by atoms with Crippen molar-refractivity contribution in [3.05, 3.63) is 24.0 Å². The maximum atomic E-state index is 11.6. The fourth-order valence-corrected chi connectivity index (χ4v) is 1.44. The van der Waals surface area contributed by atoms with Crippen LogP contribution in [-0.2, 0) is 0 Å². The molecule has 0 radical (unpaired) electrons. The van der Waals surface area contributed by atoms with Crippen LogP contribution in [-0.4, -0.2) is 28.7 Å². The Morgan fingerprint density at radius 2 is 2.25 bits per heavy atom. The average Bonchev–Trinajstić information content (AvgIpc) is 2.26. The number of nitrogens with one attached hydrogen (secondary N) is 1. The van der Waals surface area contributed by atoms with Gasteiger partial charge in [-0.1, -0.05) is 13.8 Å². The van der Waals surface area contributed by atoms with E-state index in [2.05, 4.69) is 29.4 Å². The van der Waals surface area contributed by atoms with Crippen molar-refractivity contribution < 1.29 is 4.79 Å². The third-order valence-electron chi connectivity index (χ3n) is 2.15. The second kappa shape index (κ2) is 6.17. The normalized spacial score (nSPS) is 12.5. The molecule has 5 heteroatoms. The lowest BCUT2D eigenvalue weighted by molar-refractivity contribution is 0.0949. The predicted octanol–water partition coefficient (Wildman–Crippen LogP) is 0.580. The maximum Gasteiger partial charge on any atom is 0.253 e. The van der Waals surface area contributed by atoms with Crippen molar-refractivity contribution in [3.8, 4) is 0 Å². The van der Waals surface area contributed by atoms with Crippen LogP contribution in [0.4, 0.5) is 0 Å². The number of amides is 1. The van der Waals surface area contributed by atoms with Gasteiger partial charge in [0.15, 0.2) is 0 Å². The van der Waals surface area contributed by atoms with Gasteiger partial charge in [-0.05, 0) is 18.4 Å². The van der Waals surface area contributed by atoms with Crippen molar-refractivity contribution in [1.29, 1.82) is 0 Å². The van der Waals surface area contributed by atoms with Gasteiger partial charge in [-0.2, -0.15) is 10.2 Å². The first-order valence-corrected chi connectivity index (χ1v) is 5.40. The lowest BCUT2D eigenvalue weighted by Gasteiger charge is -2.14. The van der Waals surface area contributed by atoms with Gasteiger partial charge in [-0.25, -0.2) is 0 Å². The summed E-state index contributed by atoms with van der Waals surface area (Å²) in [6.07, 6.45) is 3.82. The molecule has 1 unspecified atom stereocenters. The average molecular weight is 222 g/mol. The summed E-state index contributed by atoms with van der Waals surface area (Å²) in [6, 6.07) is 1.62. The molecule has 1 atom stereocenters. The van der Waals surface area contributed by atoms with Crippen LogP contribution in [0.15, 0.2) is 18.5 Å². The van der Waals surface area contributed by atoms with E-state index in [0.29, 0.717) is 18.0 Å². The molecule has 0 spiro atoms. The SMILES string of the molecule is CC(C)CC(N)CNC(=O)c1ccnnc1. The third-order valence-corrected chi connectivity index (χ3v) is 2.15. The Balaban J connectivity index is 2.36. The summed E-state index contributed by atoms with van der Waals surface area (Å²) in [5.41, 5.74) is 6.36. The van der Waals surface area contributed by atoms with E-state index >= 15 is 0 Å². The Kier molecular flexibility index (Phi) is 4.85. The van der Waals surface area contributed by atoms with Crippen molar-refractivity contribution in [3.63, 3.8) is 0 Å². The van der Waals surface area contributed by atoms with E-state index in [0.717, 1.165) is 6.42 Å². The zero-order valence-corrected chi connectivity index (χ0v) is 9.68. The van der Waals surface area contributed by atoms with E-state index in [9.17, 15) is 4.79 Å². The molecule has 0 saturated heterocycles. The molecule has 0 aromatic carbocycles. The largest absolute Gasteiger partial charge is 0.350 e. The molecule has 0 aliphatic carbocycles. The Labute approximate surface area is 95.4 Å². The number of aromatic nitrogens is 2. The first kappa shape index (κ1) is 12.6. The van der Waals surface area contributed by atoms with E-state index in [-0.39, 0.29) is 11.9 Å². The van der Waals surface area contributed by atoms with E-state index in [1.54, 1.807) is 6.07 Å². The van der Waals surface area contributed by atoms with E-state index in [1.807, 2.05) is 0 Å². The van der Waals surface area contributed by atoms with Crippen molar-refractivity contribution in [2.45, 2.75) is 26.3 Å². The minimum absolute atomic E-state index is 0.00116. The Morgan fingerprint density at radius 1 is 1.50 bits per heavy atom. The third kappa shape index (κ3) is 4.35. The highest BCUT2D eigenvalue weighted by molar-refractivity contribution is 5.93. The lowest BCUT2D eigenvalue weighted by atomic mass is 10.0. The first-order chi connectivity index (χ1) is 7.59. The lowest BCUT2D eigenvalue weighted by Crippen LogP contribution is -2.38.